The fourth-order valence-electron chi connectivity index (χ4n) is 3.94. The molecular weight excluding hydrogens is 404 g/mol. The minimum atomic E-state index is -0.721. The number of benzene rings is 1. The first kappa shape index (κ1) is 20.6. The average Bonchev–Trinajstić information content (AvgIpc) is 3.24. The Morgan fingerprint density at radius 2 is 2.00 bits per heavy atom. The highest BCUT2D eigenvalue weighted by atomic mass is 35.5. The van der Waals surface area contributed by atoms with Crippen LogP contribution in [0.1, 0.15) is 30.9 Å². The zero-order valence-electron chi connectivity index (χ0n) is 16.6. The number of anilines is 1. The highest BCUT2D eigenvalue weighted by molar-refractivity contribution is 6.30. The number of aromatic amines is 1. The van der Waals surface area contributed by atoms with Crippen molar-refractivity contribution in [1.29, 1.82) is 0 Å². The smallest absolute Gasteiger partial charge is 0.281 e. The van der Waals surface area contributed by atoms with Gasteiger partial charge in [0.25, 0.3) is 5.91 Å². The number of aliphatic hydroxyl groups excluding tert-OH is 1. The zero-order valence-corrected chi connectivity index (χ0v) is 17.4. The van der Waals surface area contributed by atoms with E-state index in [-0.39, 0.29) is 18.6 Å². The quantitative estimate of drug-likeness (QED) is 0.472. The van der Waals surface area contributed by atoms with E-state index in [1.165, 1.54) is 0 Å². The Morgan fingerprint density at radius 3 is 2.70 bits per heavy atom. The maximum Gasteiger partial charge on any atom is 0.281 e. The number of nitrogens with one attached hydrogen (secondary N) is 2. The van der Waals surface area contributed by atoms with Crippen molar-refractivity contribution >= 4 is 34.4 Å². The van der Waals surface area contributed by atoms with Crippen molar-refractivity contribution in [3.8, 4) is 0 Å². The average molecular weight is 430 g/mol. The van der Waals surface area contributed by atoms with Crippen molar-refractivity contribution in [1.82, 2.24) is 20.3 Å². The molecule has 0 radical (unpaired) electrons. The number of carbonyl (C=O) groups excluding carboxylic acids is 1. The molecule has 30 heavy (non-hydrogen) atoms. The zero-order chi connectivity index (χ0) is 21.1. The number of hydrogen-bond acceptors (Lipinski definition) is 5. The van der Waals surface area contributed by atoms with Crippen molar-refractivity contribution < 1.29 is 15.6 Å². The van der Waals surface area contributed by atoms with Gasteiger partial charge in [0, 0.05) is 43.8 Å². The molecule has 0 aliphatic carbocycles. The molecule has 3 heterocycles. The number of hydrogen-bond donors (Lipinski definition) is 4. The lowest BCUT2D eigenvalue weighted by Crippen LogP contribution is -2.81. The Bertz CT molecular complexity index is 1010. The van der Waals surface area contributed by atoms with Gasteiger partial charge in [-0.3, -0.25) is 4.79 Å². The molecule has 1 atom stereocenters. The van der Waals surface area contributed by atoms with Crippen LogP contribution in [-0.4, -0.2) is 51.2 Å². The van der Waals surface area contributed by atoms with Crippen LogP contribution < -0.4 is 16.0 Å². The molecule has 1 amide bonds. The van der Waals surface area contributed by atoms with E-state index < -0.39 is 5.54 Å². The summed E-state index contributed by atoms with van der Waals surface area (Å²) in [6.45, 7) is 1.34. The summed E-state index contributed by atoms with van der Waals surface area (Å²) in [6, 6.07) is 9.01. The van der Waals surface area contributed by atoms with E-state index in [9.17, 15) is 9.90 Å². The van der Waals surface area contributed by atoms with Crippen LogP contribution in [-0.2, 0) is 4.79 Å². The molecular formula is C21H26ClN6O2+. The topological polar surface area (TPSA) is 122 Å². The van der Waals surface area contributed by atoms with E-state index in [1.807, 2.05) is 24.4 Å². The molecule has 3 aromatic rings. The van der Waals surface area contributed by atoms with Crippen LogP contribution >= 0.6 is 11.6 Å². The first-order valence-corrected chi connectivity index (χ1v) is 10.4. The predicted octanol–water partition coefficient (Wildman–Crippen LogP) is 1.43. The summed E-state index contributed by atoms with van der Waals surface area (Å²) in [5.74, 6) is 0.785. The molecule has 1 fully saturated rings. The number of rotatable bonds is 6. The summed E-state index contributed by atoms with van der Waals surface area (Å²) in [5, 5.41) is 14.2. The molecule has 0 bridgehead atoms. The molecule has 2 aromatic heterocycles. The van der Waals surface area contributed by atoms with Gasteiger partial charge in [0.2, 0.25) is 0 Å². The lowest BCUT2D eigenvalue weighted by Gasteiger charge is -2.37. The van der Waals surface area contributed by atoms with Crippen molar-refractivity contribution in [3.05, 3.63) is 53.4 Å². The summed E-state index contributed by atoms with van der Waals surface area (Å²) in [4.78, 5) is 27.1. The summed E-state index contributed by atoms with van der Waals surface area (Å²) < 4.78 is 0. The predicted molar refractivity (Wildman–Crippen MR) is 115 cm³/mol. The molecule has 1 aliphatic rings. The molecule has 8 nitrogen and oxygen atoms in total. The first-order chi connectivity index (χ1) is 14.5. The molecule has 0 saturated carbocycles. The van der Waals surface area contributed by atoms with E-state index in [1.54, 1.807) is 18.5 Å². The third-order valence-corrected chi connectivity index (χ3v) is 6.08. The number of H-pyrrole nitrogens is 1. The van der Waals surface area contributed by atoms with Crippen molar-refractivity contribution in [3.63, 3.8) is 0 Å². The van der Waals surface area contributed by atoms with E-state index >= 15 is 0 Å². The largest absolute Gasteiger partial charge is 0.396 e. The molecule has 4 rings (SSSR count). The van der Waals surface area contributed by atoms with Crippen LogP contribution in [0.15, 0.2) is 42.9 Å². The molecule has 6 N–H and O–H groups in total. The first-order valence-electron chi connectivity index (χ1n) is 10.1. The van der Waals surface area contributed by atoms with Crippen LogP contribution in [0.2, 0.25) is 5.02 Å². The minimum absolute atomic E-state index is 0.0220. The van der Waals surface area contributed by atoms with Crippen LogP contribution in [0.3, 0.4) is 0 Å². The Balaban J connectivity index is 1.44. The van der Waals surface area contributed by atoms with Gasteiger partial charge in [-0.2, -0.15) is 0 Å². The lowest BCUT2D eigenvalue weighted by atomic mass is 9.87. The van der Waals surface area contributed by atoms with Gasteiger partial charge >= 0.3 is 0 Å². The summed E-state index contributed by atoms with van der Waals surface area (Å²) >= 11 is 5.97. The number of amides is 1. The van der Waals surface area contributed by atoms with Crippen LogP contribution in [0.25, 0.3) is 11.0 Å². The second kappa shape index (κ2) is 8.59. The Morgan fingerprint density at radius 1 is 1.27 bits per heavy atom. The second-order valence-electron chi connectivity index (χ2n) is 7.79. The number of aromatic nitrogens is 3. The van der Waals surface area contributed by atoms with Crippen molar-refractivity contribution in [2.45, 2.75) is 30.8 Å². The van der Waals surface area contributed by atoms with Gasteiger partial charge in [-0.05, 0) is 30.2 Å². The minimum Gasteiger partial charge on any atom is -0.396 e. The lowest BCUT2D eigenvalue weighted by molar-refractivity contribution is -0.462. The van der Waals surface area contributed by atoms with Gasteiger partial charge in [0.15, 0.2) is 5.54 Å². The fraction of sp³-hybridized carbons (Fsp3) is 0.381. The highest BCUT2D eigenvalue weighted by Gasteiger charge is 2.42. The second-order valence-corrected chi connectivity index (χ2v) is 8.23. The molecule has 1 saturated heterocycles. The number of fused-ring (bicyclic) bond motifs is 1. The summed E-state index contributed by atoms with van der Waals surface area (Å²) in [7, 11) is 0. The van der Waals surface area contributed by atoms with Gasteiger partial charge in [0.1, 0.15) is 17.8 Å². The number of quaternary nitrogens is 1. The molecule has 158 valence electrons. The Hall–Kier alpha value is -2.68. The van der Waals surface area contributed by atoms with E-state index in [0.717, 1.165) is 22.4 Å². The number of nitrogens with zero attached hydrogens (tertiary/aromatic N) is 3. The van der Waals surface area contributed by atoms with Gasteiger partial charge in [-0.1, -0.05) is 23.7 Å². The number of carbonyl (C=O) groups is 1. The maximum atomic E-state index is 13.1. The molecule has 1 aromatic carbocycles. The number of piperidine rings is 1. The normalized spacial score (nSPS) is 17.1. The van der Waals surface area contributed by atoms with E-state index in [2.05, 4.69) is 30.9 Å². The Labute approximate surface area is 179 Å². The van der Waals surface area contributed by atoms with Crippen LogP contribution in [0.5, 0.6) is 0 Å². The van der Waals surface area contributed by atoms with Crippen LogP contribution in [0.4, 0.5) is 5.82 Å². The number of halogens is 1. The van der Waals surface area contributed by atoms with Gasteiger partial charge in [0.05, 0.1) is 11.4 Å². The monoisotopic (exact) mass is 429 g/mol. The maximum absolute atomic E-state index is 13.1. The summed E-state index contributed by atoms with van der Waals surface area (Å²) in [6.07, 6.45) is 5.06. The molecule has 0 unspecified atom stereocenters. The van der Waals surface area contributed by atoms with E-state index in [4.69, 9.17) is 11.6 Å². The summed E-state index contributed by atoms with van der Waals surface area (Å²) in [5.41, 5.74) is 5.27. The third kappa shape index (κ3) is 4.12. The highest BCUT2D eigenvalue weighted by Crippen LogP contribution is 2.28. The Kier molecular flexibility index (Phi) is 5.90. The van der Waals surface area contributed by atoms with Gasteiger partial charge in [-0.25, -0.2) is 9.97 Å². The van der Waals surface area contributed by atoms with Crippen molar-refractivity contribution in [2.75, 3.05) is 24.6 Å². The van der Waals surface area contributed by atoms with E-state index in [0.29, 0.717) is 37.4 Å². The standard InChI is InChI=1S/C21H25ClN6O2/c22-15-3-1-14(2-4-15)17(6-12-29)27-20(30)21(23)7-10-28(11-8-21)19-16-5-9-24-18(16)25-13-26-19/h1-5,9,13,17,29H,6-8,10-12,23H2,(H,27,30)(H,24,25,26)/p+1/t17-/m0/s1. The SMILES string of the molecule is [NH3+]C1(C(=O)N[C@@H](CCO)c2ccc(Cl)cc2)CCN(c2ncnc3[nH]ccc23)CC1. The third-order valence-electron chi connectivity index (χ3n) is 5.83. The van der Waals surface area contributed by atoms with Crippen molar-refractivity contribution in [2.24, 2.45) is 0 Å². The fourth-order valence-corrected chi connectivity index (χ4v) is 4.07. The van der Waals surface area contributed by atoms with Crippen LogP contribution in [0, 0.1) is 0 Å². The molecule has 0 spiro atoms. The molecule has 1 aliphatic heterocycles. The van der Waals surface area contributed by atoms with Gasteiger partial charge < -0.3 is 26.0 Å². The van der Waals surface area contributed by atoms with Gasteiger partial charge in [-0.15, -0.1) is 0 Å². The number of aliphatic hydroxyl groups is 1. The molecule has 9 heteroatoms.